The van der Waals surface area contributed by atoms with Crippen molar-refractivity contribution in [2.45, 2.75) is 38.8 Å². The minimum atomic E-state index is 0.218. The maximum Gasteiger partial charge on any atom is 0.153 e. The third-order valence-corrected chi connectivity index (χ3v) is 3.24. The first-order valence-electron chi connectivity index (χ1n) is 5.75. The molecule has 1 aliphatic heterocycles. The molecule has 0 aromatic carbocycles. The molecule has 2 rings (SSSR count). The highest BCUT2D eigenvalue weighted by atomic mass is 16.1. The quantitative estimate of drug-likeness (QED) is 0.714. The summed E-state index contributed by atoms with van der Waals surface area (Å²) < 4.78 is 1.93. The molecular weight excluding hydrogens is 202 g/mol. The summed E-state index contributed by atoms with van der Waals surface area (Å²) in [7, 11) is 0. The van der Waals surface area contributed by atoms with E-state index in [0.717, 1.165) is 25.8 Å². The van der Waals surface area contributed by atoms with Crippen LogP contribution in [0.1, 0.15) is 43.6 Å². The zero-order valence-electron chi connectivity index (χ0n) is 10.2. The van der Waals surface area contributed by atoms with E-state index in [1.54, 1.807) is 6.20 Å². The van der Waals surface area contributed by atoms with Crippen molar-refractivity contribution < 1.29 is 4.79 Å². The highest BCUT2D eigenvalue weighted by Gasteiger charge is 2.31. The normalized spacial score (nSPS) is 22.6. The largest absolute Gasteiger partial charge is 0.298 e. The number of aromatic nitrogens is 2. The van der Waals surface area contributed by atoms with Gasteiger partial charge < -0.3 is 0 Å². The van der Waals surface area contributed by atoms with Crippen LogP contribution in [-0.4, -0.2) is 39.6 Å². The van der Waals surface area contributed by atoms with Crippen LogP contribution < -0.4 is 0 Å². The summed E-state index contributed by atoms with van der Waals surface area (Å²) in [6.07, 6.45) is 5.42. The van der Waals surface area contributed by atoms with Crippen LogP contribution in [0.25, 0.3) is 0 Å². The summed E-state index contributed by atoms with van der Waals surface area (Å²) >= 11 is 0. The Morgan fingerprint density at radius 1 is 1.50 bits per heavy atom. The molecule has 1 saturated heterocycles. The van der Waals surface area contributed by atoms with Gasteiger partial charge in [-0.2, -0.15) is 5.10 Å². The lowest BCUT2D eigenvalue weighted by molar-refractivity contribution is 0.112. The molecule has 4 heteroatoms. The Morgan fingerprint density at radius 3 is 2.75 bits per heavy atom. The van der Waals surface area contributed by atoms with Gasteiger partial charge in [-0.05, 0) is 27.2 Å². The highest BCUT2D eigenvalue weighted by molar-refractivity contribution is 5.73. The lowest BCUT2D eigenvalue weighted by atomic mass is 10.1. The maximum absolute atomic E-state index is 10.6. The molecule has 1 aliphatic rings. The van der Waals surface area contributed by atoms with E-state index >= 15 is 0 Å². The molecular formula is C12H19N3O. The van der Waals surface area contributed by atoms with Crippen molar-refractivity contribution in [3.63, 3.8) is 0 Å². The first-order valence-corrected chi connectivity index (χ1v) is 5.75. The maximum atomic E-state index is 10.6. The van der Waals surface area contributed by atoms with E-state index in [9.17, 15) is 4.79 Å². The topological polar surface area (TPSA) is 38.1 Å². The highest BCUT2D eigenvalue weighted by Crippen LogP contribution is 2.27. The molecule has 0 amide bonds. The van der Waals surface area contributed by atoms with Crippen LogP contribution in [-0.2, 0) is 0 Å². The number of nitrogens with zero attached hydrogens (tertiary/aromatic N) is 3. The van der Waals surface area contributed by atoms with E-state index in [2.05, 4.69) is 30.8 Å². The molecule has 0 aliphatic carbocycles. The Labute approximate surface area is 96.2 Å². The van der Waals surface area contributed by atoms with E-state index in [4.69, 9.17) is 0 Å². The molecule has 0 saturated carbocycles. The Balaban J connectivity index is 2.06. The number of rotatable bonds is 2. The summed E-state index contributed by atoms with van der Waals surface area (Å²) in [5, 5.41) is 4.24. The lowest BCUT2D eigenvalue weighted by Crippen LogP contribution is -2.39. The molecule has 1 atom stereocenters. The van der Waals surface area contributed by atoms with Gasteiger partial charge >= 0.3 is 0 Å². The van der Waals surface area contributed by atoms with Crippen LogP contribution in [0.4, 0.5) is 0 Å². The van der Waals surface area contributed by atoms with Crippen LogP contribution >= 0.6 is 0 Å². The van der Waals surface area contributed by atoms with Gasteiger partial charge in [0, 0.05) is 24.8 Å². The first kappa shape index (κ1) is 11.3. The van der Waals surface area contributed by atoms with Crippen molar-refractivity contribution in [3.05, 3.63) is 18.0 Å². The molecule has 0 spiro atoms. The molecule has 1 fully saturated rings. The fraction of sp³-hybridized carbons (Fsp3) is 0.667. The van der Waals surface area contributed by atoms with Gasteiger partial charge in [-0.15, -0.1) is 0 Å². The SMILES string of the molecule is CC(C)(C)N1CCC(n2cc(C=O)cn2)C1. The third kappa shape index (κ3) is 2.16. The van der Waals surface area contributed by atoms with E-state index in [0.29, 0.717) is 11.6 Å². The second-order valence-electron chi connectivity index (χ2n) is 5.43. The summed E-state index contributed by atoms with van der Waals surface area (Å²) in [4.78, 5) is 13.1. The minimum Gasteiger partial charge on any atom is -0.298 e. The second kappa shape index (κ2) is 4.01. The van der Waals surface area contributed by atoms with Crippen LogP contribution in [0.15, 0.2) is 12.4 Å². The number of carbonyl (C=O) groups excluding carboxylic acids is 1. The Morgan fingerprint density at radius 2 is 2.25 bits per heavy atom. The molecule has 2 heterocycles. The van der Waals surface area contributed by atoms with Gasteiger partial charge in [-0.1, -0.05) is 0 Å². The molecule has 4 nitrogen and oxygen atoms in total. The summed E-state index contributed by atoms with van der Waals surface area (Å²) in [5.41, 5.74) is 0.879. The van der Waals surface area contributed by atoms with Gasteiger partial charge in [0.15, 0.2) is 6.29 Å². The van der Waals surface area contributed by atoms with Gasteiger partial charge in [0.25, 0.3) is 0 Å². The van der Waals surface area contributed by atoms with Crippen molar-refractivity contribution >= 4 is 6.29 Å². The van der Waals surface area contributed by atoms with E-state index in [-0.39, 0.29) is 5.54 Å². The Hall–Kier alpha value is -1.16. The number of aldehydes is 1. The molecule has 1 unspecified atom stereocenters. The third-order valence-electron chi connectivity index (χ3n) is 3.24. The average molecular weight is 221 g/mol. The summed E-state index contributed by atoms with van der Waals surface area (Å²) in [5.74, 6) is 0. The zero-order valence-corrected chi connectivity index (χ0v) is 10.2. The number of carbonyl (C=O) groups is 1. The Bertz CT molecular complexity index is 378. The van der Waals surface area contributed by atoms with Crippen molar-refractivity contribution in [2.24, 2.45) is 0 Å². The predicted octanol–water partition coefficient (Wildman–Crippen LogP) is 1.74. The molecule has 88 valence electrons. The van der Waals surface area contributed by atoms with Crippen molar-refractivity contribution in [3.8, 4) is 0 Å². The summed E-state index contributed by atoms with van der Waals surface area (Å²) in [6.45, 7) is 8.81. The van der Waals surface area contributed by atoms with Gasteiger partial charge in [0.1, 0.15) is 0 Å². The van der Waals surface area contributed by atoms with Crippen molar-refractivity contribution in [1.29, 1.82) is 0 Å². The van der Waals surface area contributed by atoms with Gasteiger partial charge in [-0.3, -0.25) is 14.4 Å². The van der Waals surface area contributed by atoms with Gasteiger partial charge in [0.2, 0.25) is 0 Å². The van der Waals surface area contributed by atoms with E-state index in [1.165, 1.54) is 0 Å². The predicted molar refractivity (Wildman–Crippen MR) is 62.6 cm³/mol. The summed E-state index contributed by atoms with van der Waals surface area (Å²) in [6, 6.07) is 0.410. The fourth-order valence-electron chi connectivity index (χ4n) is 2.18. The van der Waals surface area contributed by atoms with Crippen LogP contribution in [0.2, 0.25) is 0 Å². The smallest absolute Gasteiger partial charge is 0.153 e. The molecule has 0 bridgehead atoms. The number of hydrogen-bond acceptors (Lipinski definition) is 3. The van der Waals surface area contributed by atoms with Gasteiger partial charge in [0.05, 0.1) is 17.8 Å². The van der Waals surface area contributed by atoms with Crippen molar-refractivity contribution in [2.75, 3.05) is 13.1 Å². The second-order valence-corrected chi connectivity index (χ2v) is 5.43. The Kier molecular flexibility index (Phi) is 2.84. The standard InChI is InChI=1S/C12H19N3O/c1-12(2,3)14-5-4-11(8-14)15-7-10(9-16)6-13-15/h6-7,9,11H,4-5,8H2,1-3H3. The molecule has 0 radical (unpaired) electrons. The fourth-order valence-corrected chi connectivity index (χ4v) is 2.18. The van der Waals surface area contributed by atoms with Crippen molar-refractivity contribution in [1.82, 2.24) is 14.7 Å². The minimum absolute atomic E-state index is 0.218. The van der Waals surface area contributed by atoms with Gasteiger partial charge in [-0.25, -0.2) is 0 Å². The average Bonchev–Trinajstić information content (AvgIpc) is 2.85. The van der Waals surface area contributed by atoms with E-state index in [1.807, 2.05) is 10.9 Å². The van der Waals surface area contributed by atoms with Crippen LogP contribution in [0.5, 0.6) is 0 Å². The molecule has 1 aromatic rings. The molecule has 0 N–H and O–H groups in total. The van der Waals surface area contributed by atoms with E-state index < -0.39 is 0 Å². The monoisotopic (exact) mass is 221 g/mol. The molecule has 1 aromatic heterocycles. The number of hydrogen-bond donors (Lipinski definition) is 0. The van der Waals surface area contributed by atoms with Crippen LogP contribution in [0.3, 0.4) is 0 Å². The first-order chi connectivity index (χ1) is 7.50. The lowest BCUT2D eigenvalue weighted by Gasteiger charge is -2.31. The van der Waals surface area contributed by atoms with Crippen LogP contribution in [0, 0.1) is 0 Å². The zero-order chi connectivity index (χ0) is 11.8. The molecule has 16 heavy (non-hydrogen) atoms. The number of likely N-dealkylation sites (tertiary alicyclic amines) is 1.